The van der Waals surface area contributed by atoms with Crippen LogP contribution >= 0.6 is 0 Å². The van der Waals surface area contributed by atoms with Crippen LogP contribution in [-0.2, 0) is 4.79 Å². The Bertz CT molecular complexity index is 430. The first kappa shape index (κ1) is 13.0. The van der Waals surface area contributed by atoms with Crippen LogP contribution < -0.4 is 10.6 Å². The third-order valence-corrected chi connectivity index (χ3v) is 2.48. The highest BCUT2D eigenvalue weighted by Crippen LogP contribution is 2.19. The number of amides is 1. The van der Waals surface area contributed by atoms with Gasteiger partial charge in [-0.25, -0.2) is 0 Å². The van der Waals surface area contributed by atoms with E-state index in [2.05, 4.69) is 5.16 Å². The number of nitrogens with two attached hydrogens (primary N) is 1. The Labute approximate surface area is 101 Å². The van der Waals surface area contributed by atoms with Crippen LogP contribution in [0.2, 0.25) is 0 Å². The first-order valence-electron chi connectivity index (χ1n) is 5.42. The van der Waals surface area contributed by atoms with Gasteiger partial charge >= 0.3 is 0 Å². The maximum absolute atomic E-state index is 12.0. The lowest BCUT2D eigenvalue weighted by atomic mass is 10.1. The van der Waals surface area contributed by atoms with Crippen molar-refractivity contribution in [2.75, 3.05) is 11.4 Å². The van der Waals surface area contributed by atoms with Gasteiger partial charge in [-0.3, -0.25) is 4.79 Å². The van der Waals surface area contributed by atoms with Gasteiger partial charge in [0.05, 0.1) is 6.42 Å². The minimum Gasteiger partial charge on any atom is -0.409 e. The molecule has 0 atom stereocenters. The fourth-order valence-corrected chi connectivity index (χ4v) is 1.63. The fourth-order valence-electron chi connectivity index (χ4n) is 1.63. The quantitative estimate of drug-likeness (QED) is 0.359. The van der Waals surface area contributed by atoms with Gasteiger partial charge in [0, 0.05) is 12.2 Å². The predicted molar refractivity (Wildman–Crippen MR) is 67.2 cm³/mol. The number of hydrogen-bond donors (Lipinski definition) is 2. The highest BCUT2D eigenvalue weighted by atomic mass is 16.4. The number of carbonyl (C=O) groups excluding carboxylic acids is 1. The summed E-state index contributed by atoms with van der Waals surface area (Å²) in [5.41, 5.74) is 7.20. The smallest absolute Gasteiger partial charge is 0.234 e. The van der Waals surface area contributed by atoms with Gasteiger partial charge in [0.25, 0.3) is 0 Å². The van der Waals surface area contributed by atoms with E-state index in [9.17, 15) is 4.79 Å². The minimum atomic E-state index is -0.183. The molecule has 0 radical (unpaired) electrons. The van der Waals surface area contributed by atoms with Crippen molar-refractivity contribution in [3.8, 4) is 0 Å². The average Bonchev–Trinajstić information content (AvgIpc) is 2.32. The van der Waals surface area contributed by atoms with Crippen LogP contribution in [0.5, 0.6) is 0 Å². The SMILES string of the molecule is CCN(C(=O)C/C(N)=N/O)c1ccccc1C. The van der Waals surface area contributed by atoms with Gasteiger partial charge in [-0.05, 0) is 25.5 Å². The van der Waals surface area contributed by atoms with E-state index < -0.39 is 0 Å². The van der Waals surface area contributed by atoms with E-state index in [1.54, 1.807) is 4.90 Å². The summed E-state index contributed by atoms with van der Waals surface area (Å²) in [6.45, 7) is 4.37. The summed E-state index contributed by atoms with van der Waals surface area (Å²) >= 11 is 0. The van der Waals surface area contributed by atoms with Gasteiger partial charge in [0.2, 0.25) is 5.91 Å². The zero-order valence-corrected chi connectivity index (χ0v) is 10.1. The maximum Gasteiger partial charge on any atom is 0.234 e. The molecule has 0 bridgehead atoms. The van der Waals surface area contributed by atoms with Crippen LogP contribution in [0.25, 0.3) is 0 Å². The summed E-state index contributed by atoms with van der Waals surface area (Å²) in [6.07, 6.45) is -0.0846. The Balaban J connectivity index is 2.93. The van der Waals surface area contributed by atoms with Crippen LogP contribution in [0.3, 0.4) is 0 Å². The topological polar surface area (TPSA) is 78.9 Å². The molecule has 0 aliphatic rings. The van der Waals surface area contributed by atoms with E-state index in [0.29, 0.717) is 6.54 Å². The molecule has 0 heterocycles. The number of anilines is 1. The number of carbonyl (C=O) groups is 1. The molecule has 1 aromatic carbocycles. The van der Waals surface area contributed by atoms with Crippen LogP contribution in [0, 0.1) is 6.92 Å². The molecule has 5 heteroatoms. The molecule has 3 N–H and O–H groups in total. The molecule has 17 heavy (non-hydrogen) atoms. The van der Waals surface area contributed by atoms with Gasteiger partial charge in [-0.2, -0.15) is 0 Å². The maximum atomic E-state index is 12.0. The number of para-hydroxylation sites is 1. The number of aryl methyl sites for hydroxylation is 1. The Morgan fingerprint density at radius 1 is 1.47 bits per heavy atom. The van der Waals surface area contributed by atoms with E-state index in [4.69, 9.17) is 10.9 Å². The molecule has 0 aromatic heterocycles. The molecule has 0 aliphatic carbocycles. The van der Waals surface area contributed by atoms with E-state index in [1.807, 2.05) is 38.1 Å². The highest BCUT2D eigenvalue weighted by molar-refractivity contribution is 6.06. The molecule has 1 aromatic rings. The number of amidine groups is 1. The zero-order valence-electron chi connectivity index (χ0n) is 10.1. The molecule has 5 nitrogen and oxygen atoms in total. The van der Waals surface area contributed by atoms with Crippen molar-refractivity contribution in [2.45, 2.75) is 20.3 Å². The molecule has 0 saturated carbocycles. The lowest BCUT2D eigenvalue weighted by Gasteiger charge is -2.22. The van der Waals surface area contributed by atoms with Crippen molar-refractivity contribution in [2.24, 2.45) is 10.9 Å². The predicted octanol–water partition coefficient (Wildman–Crippen LogP) is 1.48. The van der Waals surface area contributed by atoms with Crippen molar-refractivity contribution >= 4 is 17.4 Å². The van der Waals surface area contributed by atoms with Gasteiger partial charge < -0.3 is 15.8 Å². The van der Waals surface area contributed by atoms with Crippen molar-refractivity contribution < 1.29 is 10.0 Å². The van der Waals surface area contributed by atoms with Gasteiger partial charge in [-0.15, -0.1) is 0 Å². The zero-order chi connectivity index (χ0) is 12.8. The first-order chi connectivity index (χ1) is 8.10. The molecule has 0 aliphatic heterocycles. The van der Waals surface area contributed by atoms with Crippen LogP contribution in [0.4, 0.5) is 5.69 Å². The minimum absolute atomic E-state index is 0.0814. The second kappa shape index (κ2) is 5.89. The molecule has 0 unspecified atom stereocenters. The first-order valence-corrected chi connectivity index (χ1v) is 5.42. The van der Waals surface area contributed by atoms with E-state index in [0.717, 1.165) is 11.3 Å². The standard InChI is InChI=1S/C12H17N3O2/c1-3-15(12(16)8-11(13)14-17)10-7-5-4-6-9(10)2/h4-7,17H,3,8H2,1-2H3,(H2,13,14). The number of nitrogens with zero attached hydrogens (tertiary/aromatic N) is 2. The van der Waals surface area contributed by atoms with Crippen molar-refractivity contribution in [1.29, 1.82) is 0 Å². The number of rotatable bonds is 4. The summed E-state index contributed by atoms with van der Waals surface area (Å²) in [6, 6.07) is 7.61. The van der Waals surface area contributed by atoms with Gasteiger partial charge in [0.1, 0.15) is 5.84 Å². The Kier molecular flexibility index (Phi) is 4.51. The fraction of sp³-hybridized carbons (Fsp3) is 0.333. The van der Waals surface area contributed by atoms with Crippen molar-refractivity contribution in [3.05, 3.63) is 29.8 Å². The Morgan fingerprint density at radius 2 is 2.12 bits per heavy atom. The molecule has 1 rings (SSSR count). The molecule has 92 valence electrons. The second-order valence-corrected chi connectivity index (χ2v) is 3.69. The number of oxime groups is 1. The Morgan fingerprint density at radius 3 is 2.65 bits per heavy atom. The lowest BCUT2D eigenvalue weighted by Crippen LogP contribution is -2.34. The van der Waals surface area contributed by atoms with E-state index >= 15 is 0 Å². The molecule has 0 saturated heterocycles. The summed E-state index contributed by atoms with van der Waals surface area (Å²) in [4.78, 5) is 13.6. The normalized spacial score (nSPS) is 11.3. The van der Waals surface area contributed by atoms with Crippen molar-refractivity contribution in [1.82, 2.24) is 0 Å². The number of hydrogen-bond acceptors (Lipinski definition) is 3. The van der Waals surface area contributed by atoms with E-state index in [-0.39, 0.29) is 18.2 Å². The lowest BCUT2D eigenvalue weighted by molar-refractivity contribution is -0.117. The summed E-state index contributed by atoms with van der Waals surface area (Å²) in [5, 5.41) is 11.3. The van der Waals surface area contributed by atoms with Crippen molar-refractivity contribution in [3.63, 3.8) is 0 Å². The number of benzene rings is 1. The second-order valence-electron chi connectivity index (χ2n) is 3.69. The largest absolute Gasteiger partial charge is 0.409 e. The van der Waals surface area contributed by atoms with E-state index in [1.165, 1.54) is 0 Å². The summed E-state index contributed by atoms with van der Waals surface area (Å²) in [7, 11) is 0. The molecular weight excluding hydrogens is 218 g/mol. The van der Waals surface area contributed by atoms with Crippen LogP contribution in [-0.4, -0.2) is 23.5 Å². The average molecular weight is 235 g/mol. The highest BCUT2D eigenvalue weighted by Gasteiger charge is 2.16. The summed E-state index contributed by atoms with van der Waals surface area (Å²) in [5.74, 6) is -0.265. The van der Waals surface area contributed by atoms with Gasteiger partial charge in [-0.1, -0.05) is 23.4 Å². The summed E-state index contributed by atoms with van der Waals surface area (Å²) < 4.78 is 0. The molecular formula is C12H17N3O2. The monoisotopic (exact) mass is 235 g/mol. The third-order valence-electron chi connectivity index (χ3n) is 2.48. The Hall–Kier alpha value is -2.04. The molecule has 0 fully saturated rings. The van der Waals surface area contributed by atoms with Crippen LogP contribution in [0.15, 0.2) is 29.4 Å². The molecule has 0 spiro atoms. The van der Waals surface area contributed by atoms with Crippen LogP contribution in [0.1, 0.15) is 18.9 Å². The van der Waals surface area contributed by atoms with Gasteiger partial charge in [0.15, 0.2) is 0 Å². The molecule has 1 amide bonds. The third kappa shape index (κ3) is 3.21.